The molecule has 1 aliphatic heterocycles. The first-order valence-electron chi connectivity index (χ1n) is 14.9. The lowest BCUT2D eigenvalue weighted by atomic mass is 10.1. The Labute approximate surface area is 261 Å². The van der Waals surface area contributed by atoms with Crippen molar-refractivity contribution in [2.75, 3.05) is 45.4 Å². The average molecular weight is 635 g/mol. The second kappa shape index (κ2) is 15.8. The van der Waals surface area contributed by atoms with Crippen molar-refractivity contribution in [3.05, 3.63) is 47.5 Å². The Morgan fingerprint density at radius 2 is 1.73 bits per heavy atom. The van der Waals surface area contributed by atoms with E-state index in [1.807, 2.05) is 41.1 Å². The van der Waals surface area contributed by atoms with E-state index in [-0.39, 0.29) is 12.6 Å². The van der Waals surface area contributed by atoms with E-state index in [1.165, 1.54) is 0 Å². The fourth-order valence-electron chi connectivity index (χ4n) is 4.70. The molecule has 1 heterocycles. The Hall–Kier alpha value is -3.71. The number of nitrogens with one attached hydrogen (secondary N) is 2. The van der Waals surface area contributed by atoms with Crippen LogP contribution in [0.2, 0.25) is 0 Å². The number of methoxy groups -OCH3 is 2. The molecular formula is C31H46N4O8S. The van der Waals surface area contributed by atoms with E-state index in [4.69, 9.17) is 18.9 Å². The lowest BCUT2D eigenvalue weighted by Crippen LogP contribution is -2.49. The molecule has 2 aromatic carbocycles. The van der Waals surface area contributed by atoms with Crippen LogP contribution in [0.1, 0.15) is 64.5 Å². The van der Waals surface area contributed by atoms with E-state index >= 15 is 0 Å². The quantitative estimate of drug-likeness (QED) is 0.261. The van der Waals surface area contributed by atoms with Gasteiger partial charge < -0.3 is 23.8 Å². The molecule has 0 spiro atoms. The summed E-state index contributed by atoms with van der Waals surface area (Å²) < 4.78 is 50.6. The number of anilines is 1. The fourth-order valence-corrected chi connectivity index (χ4v) is 5.41. The van der Waals surface area contributed by atoms with Gasteiger partial charge in [0.15, 0.2) is 11.5 Å². The highest BCUT2D eigenvalue weighted by Crippen LogP contribution is 2.34. The summed E-state index contributed by atoms with van der Waals surface area (Å²) in [5, 5.41) is 0. The van der Waals surface area contributed by atoms with Crippen molar-refractivity contribution in [2.45, 2.75) is 71.9 Å². The first kappa shape index (κ1) is 34.8. The number of rotatable bonds is 15. The summed E-state index contributed by atoms with van der Waals surface area (Å²) in [7, 11) is -0.929. The van der Waals surface area contributed by atoms with Crippen molar-refractivity contribution < 1.29 is 37.0 Å². The van der Waals surface area contributed by atoms with Gasteiger partial charge in [-0.05, 0) is 63.8 Å². The molecule has 0 aromatic heterocycles. The van der Waals surface area contributed by atoms with Crippen molar-refractivity contribution in [2.24, 2.45) is 0 Å². The second-order valence-electron chi connectivity index (χ2n) is 11.5. The highest BCUT2D eigenvalue weighted by Gasteiger charge is 2.28. The van der Waals surface area contributed by atoms with Crippen LogP contribution in [0.3, 0.4) is 0 Å². The Kier molecular flexibility index (Phi) is 12.5. The minimum absolute atomic E-state index is 0.0480. The normalized spacial score (nSPS) is 13.9. The molecule has 1 fully saturated rings. The highest BCUT2D eigenvalue weighted by molar-refractivity contribution is 7.88. The van der Waals surface area contributed by atoms with Gasteiger partial charge in [0.05, 0.1) is 27.4 Å². The topological polar surface area (TPSA) is 136 Å². The van der Waals surface area contributed by atoms with Gasteiger partial charge in [-0.25, -0.2) is 14.3 Å². The molecule has 0 bridgehead atoms. The summed E-state index contributed by atoms with van der Waals surface area (Å²) >= 11 is 0. The Balaban J connectivity index is 1.63. The third-order valence-electron chi connectivity index (χ3n) is 6.81. The molecule has 0 saturated carbocycles. The van der Waals surface area contributed by atoms with Gasteiger partial charge in [-0.3, -0.25) is 4.90 Å². The lowest BCUT2D eigenvalue weighted by Gasteiger charge is -2.36. The van der Waals surface area contributed by atoms with Gasteiger partial charge >= 0.3 is 22.3 Å². The predicted octanol–water partition coefficient (Wildman–Crippen LogP) is 5.01. The minimum Gasteiger partial charge on any atom is -0.496 e. The molecule has 2 aromatic rings. The number of hydrogen-bond acceptors (Lipinski definition) is 8. The molecule has 0 aliphatic carbocycles. The summed E-state index contributed by atoms with van der Waals surface area (Å²) in [4.78, 5) is 28.9. The van der Waals surface area contributed by atoms with Crippen LogP contribution in [0.15, 0.2) is 36.4 Å². The van der Waals surface area contributed by atoms with E-state index in [0.29, 0.717) is 49.9 Å². The van der Waals surface area contributed by atoms with Crippen LogP contribution in [0.25, 0.3) is 0 Å². The standard InChI is InChI=1S/C31H46N4O8S/c1-7-8-9-19-42-28-21-25(13-14-26(28)40-5)35-18-10-17-34(30(35)37)22-24-12-11-23(20-27(24)41-6)15-16-32-44(38,39)33-29(36)43-31(2,3)4/h11-14,20-21,32H,7-10,15-19,22H2,1-6H3,(H,33,36). The maximum atomic E-state index is 13.6. The summed E-state index contributed by atoms with van der Waals surface area (Å²) in [5.74, 6) is 1.84. The van der Waals surface area contributed by atoms with Crippen LogP contribution in [-0.2, 0) is 27.9 Å². The minimum atomic E-state index is -4.08. The van der Waals surface area contributed by atoms with Crippen LogP contribution < -0.4 is 28.6 Å². The van der Waals surface area contributed by atoms with Crippen LogP contribution in [0.4, 0.5) is 15.3 Å². The summed E-state index contributed by atoms with van der Waals surface area (Å²) in [6.45, 7) is 9.23. The number of urea groups is 1. The van der Waals surface area contributed by atoms with Gasteiger partial charge in [0.25, 0.3) is 0 Å². The lowest BCUT2D eigenvalue weighted by molar-refractivity contribution is 0.0569. The average Bonchev–Trinajstić information content (AvgIpc) is 2.95. The molecule has 0 unspecified atom stereocenters. The third kappa shape index (κ3) is 10.5. The van der Waals surface area contributed by atoms with Crippen molar-refractivity contribution in [1.82, 2.24) is 14.3 Å². The molecule has 3 rings (SSSR count). The first-order valence-corrected chi connectivity index (χ1v) is 16.4. The predicted molar refractivity (Wildman–Crippen MR) is 169 cm³/mol. The summed E-state index contributed by atoms with van der Waals surface area (Å²) in [6.07, 6.45) is 3.22. The zero-order chi connectivity index (χ0) is 32.3. The maximum Gasteiger partial charge on any atom is 0.422 e. The molecule has 2 N–H and O–H groups in total. The Morgan fingerprint density at radius 3 is 2.41 bits per heavy atom. The van der Waals surface area contributed by atoms with Gasteiger partial charge in [-0.15, -0.1) is 0 Å². The number of carbonyl (C=O) groups excluding carboxylic acids is 2. The molecule has 0 radical (unpaired) electrons. The monoisotopic (exact) mass is 634 g/mol. The number of hydrogen-bond donors (Lipinski definition) is 2. The zero-order valence-corrected chi connectivity index (χ0v) is 27.4. The number of unbranched alkanes of at least 4 members (excludes halogenated alkanes) is 2. The number of benzene rings is 2. The van der Waals surface area contributed by atoms with E-state index in [2.05, 4.69) is 11.6 Å². The van der Waals surface area contributed by atoms with E-state index in [1.54, 1.807) is 44.8 Å². The molecule has 1 saturated heterocycles. The van der Waals surface area contributed by atoms with E-state index in [0.717, 1.165) is 42.5 Å². The molecule has 13 heteroatoms. The Bertz CT molecular complexity index is 1380. The number of carbonyl (C=O) groups is 2. The van der Waals surface area contributed by atoms with Gasteiger partial charge in [0.1, 0.15) is 11.4 Å². The van der Waals surface area contributed by atoms with E-state index in [9.17, 15) is 18.0 Å². The number of ether oxygens (including phenoxy) is 4. The molecule has 1 aliphatic rings. The van der Waals surface area contributed by atoms with Gasteiger partial charge in [-0.2, -0.15) is 13.1 Å². The van der Waals surface area contributed by atoms with Crippen molar-refractivity contribution in [3.8, 4) is 17.2 Å². The molecule has 0 atom stereocenters. The van der Waals surface area contributed by atoms with Crippen molar-refractivity contribution >= 4 is 28.0 Å². The SMILES string of the molecule is CCCCCOc1cc(N2CCCN(Cc3ccc(CCNS(=O)(=O)NC(=O)OC(C)(C)C)cc3OC)C2=O)ccc1OC. The van der Waals surface area contributed by atoms with Crippen molar-refractivity contribution in [3.63, 3.8) is 0 Å². The molecule has 244 valence electrons. The maximum absolute atomic E-state index is 13.6. The van der Waals surface area contributed by atoms with Crippen LogP contribution in [0, 0.1) is 0 Å². The van der Waals surface area contributed by atoms with Gasteiger partial charge in [0, 0.05) is 37.0 Å². The van der Waals surface area contributed by atoms with Gasteiger partial charge in [0.2, 0.25) is 0 Å². The largest absolute Gasteiger partial charge is 0.496 e. The molecule has 12 nitrogen and oxygen atoms in total. The third-order valence-corrected chi connectivity index (χ3v) is 7.83. The summed E-state index contributed by atoms with van der Waals surface area (Å²) in [5.41, 5.74) is 1.57. The first-order chi connectivity index (χ1) is 20.9. The van der Waals surface area contributed by atoms with Crippen molar-refractivity contribution in [1.29, 1.82) is 0 Å². The fraction of sp³-hybridized carbons (Fsp3) is 0.548. The smallest absolute Gasteiger partial charge is 0.422 e. The van der Waals surface area contributed by atoms with Gasteiger partial charge in [-0.1, -0.05) is 31.9 Å². The van der Waals surface area contributed by atoms with Crippen LogP contribution in [-0.4, -0.2) is 71.5 Å². The number of amides is 3. The number of nitrogens with zero attached hydrogens (tertiary/aromatic N) is 2. The molecular weight excluding hydrogens is 588 g/mol. The molecule has 44 heavy (non-hydrogen) atoms. The van der Waals surface area contributed by atoms with E-state index < -0.39 is 21.9 Å². The Morgan fingerprint density at radius 1 is 0.977 bits per heavy atom. The van der Waals surface area contributed by atoms with Crippen LogP contribution in [0.5, 0.6) is 17.2 Å². The van der Waals surface area contributed by atoms with Crippen LogP contribution >= 0.6 is 0 Å². The summed E-state index contributed by atoms with van der Waals surface area (Å²) in [6, 6.07) is 11.0. The zero-order valence-electron chi connectivity index (χ0n) is 26.6. The highest BCUT2D eigenvalue weighted by atomic mass is 32.2. The molecule has 3 amide bonds. The second-order valence-corrected chi connectivity index (χ2v) is 13.0.